The van der Waals surface area contributed by atoms with Gasteiger partial charge < -0.3 is 9.64 Å². The first-order chi connectivity index (χ1) is 15.4. The number of ether oxygens (including phenoxy) is 1. The highest BCUT2D eigenvalue weighted by molar-refractivity contribution is 5.66. The second-order valence-corrected chi connectivity index (χ2v) is 9.87. The molecule has 1 aliphatic heterocycles. The average molecular weight is 436 g/mol. The Balaban J connectivity index is 1.36. The third-order valence-electron chi connectivity index (χ3n) is 6.99. The number of carbonyl (C=O) groups is 1. The van der Waals surface area contributed by atoms with Crippen LogP contribution in [0.2, 0.25) is 0 Å². The first kappa shape index (κ1) is 22.8. The molecule has 172 valence electrons. The molecule has 0 spiro atoms. The third-order valence-corrected chi connectivity index (χ3v) is 6.99. The third kappa shape index (κ3) is 5.50. The summed E-state index contributed by atoms with van der Waals surface area (Å²) in [5.41, 5.74) is 5.54. The number of benzene rings is 1. The van der Waals surface area contributed by atoms with Crippen molar-refractivity contribution in [2.75, 3.05) is 44.2 Å². The van der Waals surface area contributed by atoms with E-state index in [2.05, 4.69) is 60.0 Å². The number of piperazine rings is 1. The highest BCUT2D eigenvalue weighted by atomic mass is 16.5. The van der Waals surface area contributed by atoms with Crippen LogP contribution >= 0.6 is 0 Å². The van der Waals surface area contributed by atoms with Crippen LogP contribution in [0.3, 0.4) is 0 Å². The molecule has 4 rings (SSSR count). The van der Waals surface area contributed by atoms with Gasteiger partial charge in [0, 0.05) is 38.7 Å². The molecule has 0 atom stereocenters. The van der Waals surface area contributed by atoms with Crippen LogP contribution in [0.15, 0.2) is 36.4 Å². The second kappa shape index (κ2) is 10.0. The van der Waals surface area contributed by atoms with Gasteiger partial charge in [-0.15, -0.1) is 0 Å². The van der Waals surface area contributed by atoms with Crippen LogP contribution in [-0.2, 0) is 21.4 Å². The lowest BCUT2D eigenvalue weighted by Crippen LogP contribution is -2.47. The van der Waals surface area contributed by atoms with Gasteiger partial charge in [0.05, 0.1) is 12.3 Å². The zero-order valence-electron chi connectivity index (χ0n) is 19.9. The molecule has 0 unspecified atom stereocenters. The van der Waals surface area contributed by atoms with Gasteiger partial charge in [0.15, 0.2) is 0 Å². The van der Waals surface area contributed by atoms with Crippen LogP contribution in [0.1, 0.15) is 57.6 Å². The van der Waals surface area contributed by atoms with Crippen LogP contribution in [-0.4, -0.2) is 55.2 Å². The molecule has 0 bridgehead atoms. The van der Waals surface area contributed by atoms with Crippen LogP contribution < -0.4 is 4.90 Å². The molecule has 5 heteroatoms. The molecule has 0 saturated carbocycles. The van der Waals surface area contributed by atoms with E-state index in [1.54, 1.807) is 0 Å². The van der Waals surface area contributed by atoms with E-state index in [0.717, 1.165) is 57.1 Å². The summed E-state index contributed by atoms with van der Waals surface area (Å²) >= 11 is 0. The summed E-state index contributed by atoms with van der Waals surface area (Å²) in [5, 5.41) is 0. The van der Waals surface area contributed by atoms with Crippen molar-refractivity contribution in [3.63, 3.8) is 0 Å². The number of carbonyl (C=O) groups excluding carboxylic acids is 1. The first-order valence-corrected chi connectivity index (χ1v) is 12.1. The van der Waals surface area contributed by atoms with E-state index in [0.29, 0.717) is 6.61 Å². The summed E-state index contributed by atoms with van der Waals surface area (Å²) in [7, 11) is 0. The molecular formula is C27H37N3O2. The predicted octanol–water partition coefficient (Wildman–Crippen LogP) is 4.83. The Morgan fingerprint density at radius 3 is 2.69 bits per heavy atom. The molecule has 1 aromatic carbocycles. The SMILES string of the molecule is CC(=O)OCCCCN1CCN(c2cccc(-c3ccc4c(c3)C(C)(C)CCC4)n2)CC1. The number of anilines is 1. The number of pyridine rings is 1. The number of aryl methyl sites for hydroxylation is 1. The molecule has 0 amide bonds. The molecule has 1 saturated heterocycles. The number of nitrogens with zero attached hydrogens (tertiary/aromatic N) is 3. The minimum atomic E-state index is -0.188. The normalized spacial score (nSPS) is 18.3. The van der Waals surface area contributed by atoms with E-state index in [1.165, 1.54) is 42.9 Å². The number of hydrogen-bond donors (Lipinski definition) is 0. The Kier molecular flexibility index (Phi) is 7.14. The van der Waals surface area contributed by atoms with E-state index in [4.69, 9.17) is 9.72 Å². The van der Waals surface area contributed by atoms with Crippen molar-refractivity contribution in [2.45, 2.75) is 58.3 Å². The van der Waals surface area contributed by atoms with Gasteiger partial charge in [0.1, 0.15) is 5.82 Å². The fourth-order valence-electron chi connectivity index (χ4n) is 5.05. The van der Waals surface area contributed by atoms with Gasteiger partial charge in [-0.2, -0.15) is 0 Å². The molecule has 1 aromatic heterocycles. The zero-order valence-corrected chi connectivity index (χ0v) is 19.9. The van der Waals surface area contributed by atoms with Crippen molar-refractivity contribution in [1.82, 2.24) is 9.88 Å². The zero-order chi connectivity index (χ0) is 22.6. The van der Waals surface area contributed by atoms with Gasteiger partial charge in [0.25, 0.3) is 0 Å². The van der Waals surface area contributed by atoms with Crippen molar-refractivity contribution < 1.29 is 9.53 Å². The van der Waals surface area contributed by atoms with Crippen molar-refractivity contribution >= 4 is 11.8 Å². The molecule has 0 N–H and O–H groups in total. The summed E-state index contributed by atoms with van der Waals surface area (Å²) in [5.74, 6) is 0.890. The smallest absolute Gasteiger partial charge is 0.302 e. The molecule has 1 aliphatic carbocycles. The lowest BCUT2D eigenvalue weighted by molar-refractivity contribution is -0.141. The van der Waals surface area contributed by atoms with Crippen LogP contribution in [0.25, 0.3) is 11.3 Å². The van der Waals surface area contributed by atoms with Crippen molar-refractivity contribution in [1.29, 1.82) is 0 Å². The Bertz CT molecular complexity index is 932. The topological polar surface area (TPSA) is 45.7 Å². The van der Waals surface area contributed by atoms with E-state index >= 15 is 0 Å². The average Bonchev–Trinajstić information content (AvgIpc) is 2.79. The highest BCUT2D eigenvalue weighted by Crippen LogP contribution is 2.38. The lowest BCUT2D eigenvalue weighted by atomic mass is 9.72. The Morgan fingerprint density at radius 2 is 1.91 bits per heavy atom. The van der Waals surface area contributed by atoms with Crippen LogP contribution in [0.5, 0.6) is 0 Å². The fraction of sp³-hybridized carbons (Fsp3) is 0.556. The van der Waals surface area contributed by atoms with Crippen molar-refractivity contribution in [3.8, 4) is 11.3 Å². The van der Waals surface area contributed by atoms with E-state index < -0.39 is 0 Å². The van der Waals surface area contributed by atoms with Gasteiger partial charge in [-0.25, -0.2) is 4.98 Å². The number of aromatic nitrogens is 1. The number of unbranched alkanes of at least 4 members (excludes halogenated alkanes) is 1. The first-order valence-electron chi connectivity index (χ1n) is 12.1. The quantitative estimate of drug-likeness (QED) is 0.461. The summed E-state index contributed by atoms with van der Waals surface area (Å²) in [6.07, 6.45) is 5.73. The molecule has 2 aromatic rings. The number of hydrogen-bond acceptors (Lipinski definition) is 5. The predicted molar refractivity (Wildman–Crippen MR) is 130 cm³/mol. The van der Waals surface area contributed by atoms with E-state index in [9.17, 15) is 4.79 Å². The van der Waals surface area contributed by atoms with Gasteiger partial charge in [-0.1, -0.05) is 32.0 Å². The highest BCUT2D eigenvalue weighted by Gasteiger charge is 2.27. The second-order valence-electron chi connectivity index (χ2n) is 9.87. The van der Waals surface area contributed by atoms with E-state index in [1.807, 2.05) is 0 Å². The molecule has 5 nitrogen and oxygen atoms in total. The monoisotopic (exact) mass is 435 g/mol. The molecule has 1 fully saturated rings. The number of rotatable bonds is 7. The van der Waals surface area contributed by atoms with Gasteiger partial charge >= 0.3 is 5.97 Å². The minimum Gasteiger partial charge on any atom is -0.466 e. The van der Waals surface area contributed by atoms with E-state index in [-0.39, 0.29) is 11.4 Å². The van der Waals surface area contributed by atoms with Crippen molar-refractivity contribution in [3.05, 3.63) is 47.5 Å². The van der Waals surface area contributed by atoms with Gasteiger partial charge in [-0.05, 0) is 73.4 Å². The summed E-state index contributed by atoms with van der Waals surface area (Å²) in [4.78, 5) is 20.8. The summed E-state index contributed by atoms with van der Waals surface area (Å²) < 4.78 is 5.02. The minimum absolute atomic E-state index is 0.188. The molecule has 2 aliphatic rings. The molecule has 32 heavy (non-hydrogen) atoms. The Labute approximate surface area is 192 Å². The Morgan fingerprint density at radius 1 is 1.09 bits per heavy atom. The van der Waals surface area contributed by atoms with Crippen LogP contribution in [0.4, 0.5) is 5.82 Å². The number of esters is 1. The maximum absolute atomic E-state index is 10.8. The molecule has 2 heterocycles. The largest absolute Gasteiger partial charge is 0.466 e. The summed E-state index contributed by atoms with van der Waals surface area (Å²) in [6, 6.07) is 13.4. The molecular weight excluding hydrogens is 398 g/mol. The Hall–Kier alpha value is -2.40. The summed E-state index contributed by atoms with van der Waals surface area (Å²) in [6.45, 7) is 11.9. The molecule has 0 radical (unpaired) electrons. The number of fused-ring (bicyclic) bond motifs is 1. The lowest BCUT2D eigenvalue weighted by Gasteiger charge is -2.35. The fourth-order valence-corrected chi connectivity index (χ4v) is 5.05. The van der Waals surface area contributed by atoms with Crippen molar-refractivity contribution in [2.24, 2.45) is 0 Å². The standard InChI is InChI=1S/C27H37N3O2/c1-21(31)32-19-5-4-14-29-15-17-30(18-16-29)26-10-6-9-25(28-26)23-12-11-22-8-7-13-27(2,3)24(22)20-23/h6,9-12,20H,4-5,7-8,13-19H2,1-3H3. The van der Waals surface area contributed by atoms with Crippen LogP contribution in [0, 0.1) is 0 Å². The van der Waals surface area contributed by atoms with Gasteiger partial charge in [-0.3, -0.25) is 9.69 Å². The maximum Gasteiger partial charge on any atom is 0.302 e. The maximum atomic E-state index is 10.8. The van der Waals surface area contributed by atoms with Gasteiger partial charge in [0.2, 0.25) is 0 Å².